The van der Waals surface area contributed by atoms with Crippen LogP contribution in [0.3, 0.4) is 0 Å². The SMILES string of the molecule is O=[N+]([O-])c1c(NCc2ccccc2)ncnc1-n1nnc2ccccc21. The third kappa shape index (κ3) is 2.81. The maximum atomic E-state index is 11.7. The monoisotopic (exact) mass is 347 g/mol. The summed E-state index contributed by atoms with van der Waals surface area (Å²) in [5.74, 6) is 0.192. The predicted octanol–water partition coefficient (Wildman–Crippen LogP) is 2.73. The van der Waals surface area contributed by atoms with Crippen molar-refractivity contribution in [3.8, 4) is 5.82 Å². The molecule has 0 saturated heterocycles. The molecule has 0 amide bonds. The second-order valence-electron chi connectivity index (χ2n) is 5.48. The van der Waals surface area contributed by atoms with E-state index in [1.807, 2.05) is 42.5 Å². The smallest absolute Gasteiger partial charge is 0.355 e. The number of hydrogen-bond acceptors (Lipinski definition) is 7. The molecule has 4 aromatic rings. The van der Waals surface area contributed by atoms with Gasteiger partial charge in [0.2, 0.25) is 11.6 Å². The number of para-hydroxylation sites is 1. The van der Waals surface area contributed by atoms with Gasteiger partial charge in [0.25, 0.3) is 0 Å². The molecular weight excluding hydrogens is 334 g/mol. The lowest BCUT2D eigenvalue weighted by molar-refractivity contribution is -0.384. The van der Waals surface area contributed by atoms with Crippen LogP contribution in [0.15, 0.2) is 60.9 Å². The highest BCUT2D eigenvalue weighted by Crippen LogP contribution is 2.29. The average Bonchev–Trinajstić information content (AvgIpc) is 3.10. The van der Waals surface area contributed by atoms with Crippen LogP contribution >= 0.6 is 0 Å². The second-order valence-corrected chi connectivity index (χ2v) is 5.48. The van der Waals surface area contributed by atoms with Crippen LogP contribution in [-0.2, 0) is 6.54 Å². The summed E-state index contributed by atoms with van der Waals surface area (Å²) in [6, 6.07) is 16.7. The van der Waals surface area contributed by atoms with Gasteiger partial charge in [-0.2, -0.15) is 4.68 Å². The fraction of sp³-hybridized carbons (Fsp3) is 0.0588. The molecule has 0 aliphatic heterocycles. The maximum Gasteiger partial charge on any atom is 0.355 e. The number of benzene rings is 2. The number of nitrogens with one attached hydrogen (secondary N) is 1. The fourth-order valence-electron chi connectivity index (χ4n) is 2.63. The Balaban J connectivity index is 1.77. The molecule has 2 aromatic heterocycles. The Hall–Kier alpha value is -3.88. The molecule has 0 atom stereocenters. The van der Waals surface area contributed by atoms with Crippen molar-refractivity contribution in [2.24, 2.45) is 0 Å². The van der Waals surface area contributed by atoms with Crippen molar-refractivity contribution in [1.82, 2.24) is 25.0 Å². The van der Waals surface area contributed by atoms with Crippen molar-refractivity contribution in [2.45, 2.75) is 6.54 Å². The molecule has 0 radical (unpaired) electrons. The van der Waals surface area contributed by atoms with Gasteiger partial charge in [0, 0.05) is 6.54 Å². The number of rotatable bonds is 5. The van der Waals surface area contributed by atoms with Gasteiger partial charge >= 0.3 is 5.69 Å². The third-order valence-corrected chi connectivity index (χ3v) is 3.84. The van der Waals surface area contributed by atoms with Crippen LogP contribution in [0, 0.1) is 10.1 Å². The Kier molecular flexibility index (Phi) is 3.94. The van der Waals surface area contributed by atoms with Crippen molar-refractivity contribution in [1.29, 1.82) is 0 Å². The minimum Gasteiger partial charge on any atom is -0.360 e. The molecule has 0 spiro atoms. The van der Waals surface area contributed by atoms with E-state index in [1.165, 1.54) is 11.0 Å². The first-order valence-electron chi connectivity index (χ1n) is 7.82. The number of nitro groups is 1. The summed E-state index contributed by atoms with van der Waals surface area (Å²) in [6.07, 6.45) is 1.27. The first-order chi connectivity index (χ1) is 12.7. The molecule has 0 bridgehead atoms. The first-order valence-corrected chi connectivity index (χ1v) is 7.82. The van der Waals surface area contributed by atoms with Crippen molar-refractivity contribution >= 4 is 22.5 Å². The van der Waals surface area contributed by atoms with Gasteiger partial charge in [0.05, 0.1) is 10.4 Å². The zero-order chi connectivity index (χ0) is 17.9. The molecular formula is C17H13N7O2. The van der Waals surface area contributed by atoms with E-state index < -0.39 is 4.92 Å². The van der Waals surface area contributed by atoms with Gasteiger partial charge in [0.15, 0.2) is 0 Å². The van der Waals surface area contributed by atoms with Crippen LogP contribution in [0.1, 0.15) is 5.56 Å². The zero-order valence-electron chi connectivity index (χ0n) is 13.5. The summed E-state index contributed by atoms with van der Waals surface area (Å²) in [7, 11) is 0. The minimum absolute atomic E-state index is 0.0641. The molecule has 1 N–H and O–H groups in total. The standard InChI is InChI=1S/C17H13N7O2/c25-24(26)15-16(18-10-12-6-2-1-3-7-12)19-11-20-17(15)23-14-9-5-4-8-13(14)21-22-23/h1-9,11H,10H2,(H,18,19,20). The van der Waals surface area contributed by atoms with Crippen molar-refractivity contribution in [3.63, 3.8) is 0 Å². The summed E-state index contributed by atoms with van der Waals surface area (Å²) in [4.78, 5) is 19.3. The summed E-state index contributed by atoms with van der Waals surface area (Å²) in [5.41, 5.74) is 1.98. The number of hydrogen-bond donors (Lipinski definition) is 1. The fourth-order valence-corrected chi connectivity index (χ4v) is 2.63. The Labute approximate surface area is 147 Å². The average molecular weight is 347 g/mol. The summed E-state index contributed by atoms with van der Waals surface area (Å²) >= 11 is 0. The predicted molar refractivity (Wildman–Crippen MR) is 94.9 cm³/mol. The largest absolute Gasteiger partial charge is 0.360 e. The van der Waals surface area contributed by atoms with E-state index in [1.54, 1.807) is 12.1 Å². The molecule has 26 heavy (non-hydrogen) atoms. The minimum atomic E-state index is -0.515. The highest BCUT2D eigenvalue weighted by atomic mass is 16.6. The molecule has 0 saturated carbocycles. The van der Waals surface area contributed by atoms with E-state index in [-0.39, 0.29) is 17.3 Å². The molecule has 2 heterocycles. The number of fused-ring (bicyclic) bond motifs is 1. The molecule has 0 aliphatic rings. The second kappa shape index (κ2) is 6.55. The number of aromatic nitrogens is 5. The van der Waals surface area contributed by atoms with Gasteiger partial charge in [-0.15, -0.1) is 5.10 Å². The lowest BCUT2D eigenvalue weighted by Gasteiger charge is -2.08. The van der Waals surface area contributed by atoms with E-state index >= 15 is 0 Å². The molecule has 9 heteroatoms. The molecule has 0 aliphatic carbocycles. The van der Waals surface area contributed by atoms with Gasteiger partial charge in [-0.25, -0.2) is 9.97 Å². The number of nitrogens with zero attached hydrogens (tertiary/aromatic N) is 6. The highest BCUT2D eigenvalue weighted by Gasteiger charge is 2.26. The topological polar surface area (TPSA) is 112 Å². The van der Waals surface area contributed by atoms with Crippen LogP contribution in [0.5, 0.6) is 0 Å². The molecule has 0 unspecified atom stereocenters. The molecule has 4 rings (SSSR count). The molecule has 2 aromatic carbocycles. The van der Waals surface area contributed by atoms with Crippen molar-refractivity contribution in [2.75, 3.05) is 5.32 Å². The van der Waals surface area contributed by atoms with Crippen molar-refractivity contribution in [3.05, 3.63) is 76.6 Å². The van der Waals surface area contributed by atoms with E-state index in [9.17, 15) is 10.1 Å². The summed E-state index contributed by atoms with van der Waals surface area (Å²) in [6.45, 7) is 0.399. The van der Waals surface area contributed by atoms with Gasteiger partial charge in [0.1, 0.15) is 11.8 Å². The molecule has 0 fully saturated rings. The van der Waals surface area contributed by atoms with Gasteiger partial charge in [-0.05, 0) is 17.7 Å². The van der Waals surface area contributed by atoms with Crippen LogP contribution in [0.4, 0.5) is 11.5 Å². The lowest BCUT2D eigenvalue weighted by Crippen LogP contribution is -2.10. The Morgan fingerprint density at radius 3 is 2.62 bits per heavy atom. The quantitative estimate of drug-likeness (QED) is 0.436. The third-order valence-electron chi connectivity index (χ3n) is 3.84. The molecule has 9 nitrogen and oxygen atoms in total. The van der Waals surface area contributed by atoms with Gasteiger partial charge < -0.3 is 5.32 Å². The van der Waals surface area contributed by atoms with Crippen LogP contribution < -0.4 is 5.32 Å². The van der Waals surface area contributed by atoms with E-state index in [4.69, 9.17) is 0 Å². The van der Waals surface area contributed by atoms with Crippen LogP contribution in [0.25, 0.3) is 16.9 Å². The maximum absolute atomic E-state index is 11.7. The zero-order valence-corrected chi connectivity index (χ0v) is 13.5. The lowest BCUT2D eigenvalue weighted by atomic mass is 10.2. The summed E-state index contributed by atoms with van der Waals surface area (Å²) in [5, 5.41) is 22.8. The molecule has 128 valence electrons. The Morgan fingerprint density at radius 1 is 1.04 bits per heavy atom. The van der Waals surface area contributed by atoms with E-state index in [0.717, 1.165) is 5.56 Å². The van der Waals surface area contributed by atoms with E-state index in [0.29, 0.717) is 17.6 Å². The highest BCUT2D eigenvalue weighted by molar-refractivity contribution is 5.77. The first kappa shape index (κ1) is 15.6. The Bertz CT molecular complexity index is 1080. The summed E-state index contributed by atoms with van der Waals surface area (Å²) < 4.78 is 1.35. The van der Waals surface area contributed by atoms with Crippen LogP contribution in [0.2, 0.25) is 0 Å². The van der Waals surface area contributed by atoms with Crippen LogP contribution in [-0.4, -0.2) is 29.9 Å². The Morgan fingerprint density at radius 2 is 1.81 bits per heavy atom. The van der Waals surface area contributed by atoms with Gasteiger partial charge in [-0.1, -0.05) is 47.7 Å². The van der Waals surface area contributed by atoms with E-state index in [2.05, 4.69) is 25.6 Å². The normalized spacial score (nSPS) is 10.8. The van der Waals surface area contributed by atoms with Gasteiger partial charge in [-0.3, -0.25) is 10.1 Å². The number of anilines is 1. The van der Waals surface area contributed by atoms with Crippen molar-refractivity contribution < 1.29 is 4.92 Å².